The SMILES string of the molecule is C=CCOCC(COc1ccc(CCCCCC)cc1)OCCCCCCS(=O)(=O)O. The van der Waals surface area contributed by atoms with Crippen LogP contribution in [0.2, 0.25) is 0 Å². The fraction of sp³-hybridized carbons (Fsp3) is 0.667. The average Bonchev–Trinajstić information content (AvgIpc) is 2.74. The van der Waals surface area contributed by atoms with Crippen molar-refractivity contribution in [2.45, 2.75) is 70.8 Å². The third-order valence-electron chi connectivity index (χ3n) is 4.87. The van der Waals surface area contributed by atoms with Crippen LogP contribution in [0.25, 0.3) is 0 Å². The van der Waals surface area contributed by atoms with Crippen molar-refractivity contribution in [1.29, 1.82) is 0 Å². The lowest BCUT2D eigenvalue weighted by molar-refractivity contribution is -0.0331. The van der Waals surface area contributed by atoms with Crippen LogP contribution < -0.4 is 4.74 Å². The van der Waals surface area contributed by atoms with Gasteiger partial charge >= 0.3 is 0 Å². The van der Waals surface area contributed by atoms with Crippen LogP contribution in [0, 0.1) is 0 Å². The third kappa shape index (κ3) is 16.0. The molecule has 7 heteroatoms. The Bertz CT molecular complexity index is 672. The Kier molecular flexibility index (Phi) is 15.3. The zero-order valence-corrected chi connectivity index (χ0v) is 19.8. The van der Waals surface area contributed by atoms with Gasteiger partial charge in [-0.25, -0.2) is 0 Å². The molecule has 0 spiro atoms. The molecule has 0 radical (unpaired) electrons. The topological polar surface area (TPSA) is 82.1 Å². The number of ether oxygens (including phenoxy) is 3. The zero-order chi connectivity index (χ0) is 22.8. The first-order chi connectivity index (χ1) is 14.9. The molecule has 0 saturated carbocycles. The highest BCUT2D eigenvalue weighted by molar-refractivity contribution is 7.85. The van der Waals surface area contributed by atoms with Crippen LogP contribution in [0.15, 0.2) is 36.9 Å². The van der Waals surface area contributed by atoms with Crippen LogP contribution in [0.1, 0.15) is 63.9 Å². The molecule has 1 atom stereocenters. The lowest BCUT2D eigenvalue weighted by Gasteiger charge is -2.18. The molecule has 0 bridgehead atoms. The number of rotatable bonds is 20. The van der Waals surface area contributed by atoms with E-state index in [4.69, 9.17) is 18.8 Å². The highest BCUT2D eigenvalue weighted by atomic mass is 32.2. The van der Waals surface area contributed by atoms with Crippen molar-refractivity contribution in [1.82, 2.24) is 0 Å². The molecular formula is C24H40O6S. The van der Waals surface area contributed by atoms with Crippen molar-refractivity contribution in [3.63, 3.8) is 0 Å². The number of unbranched alkanes of at least 4 members (excludes halogenated alkanes) is 6. The maximum Gasteiger partial charge on any atom is 0.264 e. The van der Waals surface area contributed by atoms with Gasteiger partial charge in [0.15, 0.2) is 0 Å². The average molecular weight is 457 g/mol. The summed E-state index contributed by atoms with van der Waals surface area (Å²) in [6.45, 7) is 7.71. The molecule has 0 aromatic heterocycles. The van der Waals surface area contributed by atoms with Crippen molar-refractivity contribution in [2.24, 2.45) is 0 Å². The highest BCUT2D eigenvalue weighted by Gasteiger charge is 2.11. The van der Waals surface area contributed by atoms with E-state index in [9.17, 15) is 8.42 Å². The van der Waals surface area contributed by atoms with Crippen LogP contribution >= 0.6 is 0 Å². The predicted octanol–water partition coefficient (Wildman–Crippen LogP) is 5.22. The first kappa shape index (κ1) is 27.6. The molecule has 178 valence electrons. The van der Waals surface area contributed by atoms with E-state index in [2.05, 4.69) is 25.6 Å². The molecule has 1 aromatic rings. The van der Waals surface area contributed by atoms with Crippen molar-refractivity contribution in [3.05, 3.63) is 42.5 Å². The second-order valence-corrected chi connectivity index (χ2v) is 9.36. The summed E-state index contributed by atoms with van der Waals surface area (Å²) in [7, 11) is -3.86. The Morgan fingerprint density at radius 1 is 1.00 bits per heavy atom. The normalized spacial score (nSPS) is 12.6. The molecule has 0 heterocycles. The molecule has 1 unspecified atom stereocenters. The lowest BCUT2D eigenvalue weighted by atomic mass is 10.1. The minimum atomic E-state index is -3.86. The quantitative estimate of drug-likeness (QED) is 0.164. The Labute approximate surface area is 188 Å². The molecule has 1 rings (SSSR count). The largest absolute Gasteiger partial charge is 0.491 e. The summed E-state index contributed by atoms with van der Waals surface area (Å²) >= 11 is 0. The van der Waals surface area contributed by atoms with Crippen LogP contribution in [0.4, 0.5) is 0 Å². The molecule has 0 aliphatic carbocycles. The highest BCUT2D eigenvalue weighted by Crippen LogP contribution is 2.15. The van der Waals surface area contributed by atoms with Crippen molar-refractivity contribution in [2.75, 3.05) is 32.2 Å². The van der Waals surface area contributed by atoms with Crippen LogP contribution in [0.3, 0.4) is 0 Å². The van der Waals surface area contributed by atoms with Gasteiger partial charge in [0.1, 0.15) is 18.5 Å². The summed E-state index contributed by atoms with van der Waals surface area (Å²) < 4.78 is 47.5. The molecule has 6 nitrogen and oxygen atoms in total. The van der Waals surface area contributed by atoms with E-state index in [1.807, 2.05) is 12.1 Å². The molecular weight excluding hydrogens is 416 g/mol. The first-order valence-electron chi connectivity index (χ1n) is 11.4. The summed E-state index contributed by atoms with van der Waals surface area (Å²) in [5.41, 5.74) is 1.33. The summed E-state index contributed by atoms with van der Waals surface area (Å²) in [5.74, 6) is 0.636. The monoisotopic (exact) mass is 456 g/mol. The number of benzene rings is 1. The maximum absolute atomic E-state index is 10.7. The Morgan fingerprint density at radius 2 is 1.71 bits per heavy atom. The van der Waals surface area contributed by atoms with E-state index in [0.29, 0.717) is 32.8 Å². The van der Waals surface area contributed by atoms with Gasteiger partial charge in [0.05, 0.1) is 19.0 Å². The summed E-state index contributed by atoms with van der Waals surface area (Å²) in [6, 6.07) is 8.26. The molecule has 0 saturated heterocycles. The third-order valence-corrected chi connectivity index (χ3v) is 5.67. The van der Waals surface area contributed by atoms with Gasteiger partial charge in [-0.15, -0.1) is 6.58 Å². The Balaban J connectivity index is 2.32. The van der Waals surface area contributed by atoms with E-state index < -0.39 is 10.1 Å². The maximum atomic E-state index is 10.7. The standard InChI is InChI=1S/C24H40O6S/c1-3-5-6-9-12-22-13-15-23(16-14-22)30-21-24(20-28-17-4-2)29-18-10-7-8-11-19-31(25,26)27/h4,13-16,24H,2-3,5-12,17-21H2,1H3,(H,25,26,27). The fourth-order valence-electron chi connectivity index (χ4n) is 3.11. The number of hydrogen-bond acceptors (Lipinski definition) is 5. The smallest absolute Gasteiger partial charge is 0.264 e. The molecule has 0 amide bonds. The summed E-state index contributed by atoms with van der Waals surface area (Å²) in [6.07, 6.45) is 10.5. The van der Waals surface area contributed by atoms with Gasteiger partial charge < -0.3 is 14.2 Å². The molecule has 1 aromatic carbocycles. The van der Waals surface area contributed by atoms with Crippen molar-refractivity contribution < 1.29 is 27.2 Å². The predicted molar refractivity (Wildman–Crippen MR) is 125 cm³/mol. The van der Waals surface area contributed by atoms with Gasteiger partial charge in [-0.3, -0.25) is 4.55 Å². The zero-order valence-electron chi connectivity index (χ0n) is 19.0. The Morgan fingerprint density at radius 3 is 2.39 bits per heavy atom. The van der Waals surface area contributed by atoms with Gasteiger partial charge in [-0.1, -0.05) is 57.2 Å². The molecule has 31 heavy (non-hydrogen) atoms. The molecule has 0 aliphatic heterocycles. The fourth-order valence-corrected chi connectivity index (χ4v) is 3.68. The summed E-state index contributed by atoms with van der Waals surface area (Å²) in [4.78, 5) is 0. The van der Waals surface area contributed by atoms with Gasteiger partial charge in [-0.2, -0.15) is 8.42 Å². The van der Waals surface area contributed by atoms with Gasteiger partial charge in [0, 0.05) is 6.61 Å². The van der Waals surface area contributed by atoms with Crippen molar-refractivity contribution >= 4 is 10.1 Å². The van der Waals surface area contributed by atoms with Crippen molar-refractivity contribution in [3.8, 4) is 5.75 Å². The van der Waals surface area contributed by atoms with Gasteiger partial charge in [0.25, 0.3) is 10.1 Å². The van der Waals surface area contributed by atoms with E-state index >= 15 is 0 Å². The second kappa shape index (κ2) is 17.2. The van der Waals surface area contributed by atoms with Gasteiger partial charge in [0.2, 0.25) is 0 Å². The minimum absolute atomic E-state index is 0.183. The van der Waals surface area contributed by atoms with E-state index in [1.165, 1.54) is 31.2 Å². The second-order valence-electron chi connectivity index (χ2n) is 7.78. The van der Waals surface area contributed by atoms with E-state index in [1.54, 1.807) is 6.08 Å². The van der Waals surface area contributed by atoms with E-state index in [-0.39, 0.29) is 11.9 Å². The first-order valence-corrected chi connectivity index (χ1v) is 13.0. The number of aryl methyl sites for hydroxylation is 1. The van der Waals surface area contributed by atoms with Gasteiger partial charge in [-0.05, 0) is 43.4 Å². The molecule has 1 N–H and O–H groups in total. The Hall–Kier alpha value is -1.41. The van der Waals surface area contributed by atoms with E-state index in [0.717, 1.165) is 31.4 Å². The molecule has 0 aliphatic rings. The number of hydrogen-bond donors (Lipinski definition) is 1. The van der Waals surface area contributed by atoms with Crippen LogP contribution in [-0.2, 0) is 26.0 Å². The molecule has 0 fully saturated rings. The summed E-state index contributed by atoms with van der Waals surface area (Å²) in [5, 5.41) is 0. The van der Waals surface area contributed by atoms with Crippen LogP contribution in [0.5, 0.6) is 5.75 Å². The van der Waals surface area contributed by atoms with Crippen LogP contribution in [-0.4, -0.2) is 51.3 Å². The lowest BCUT2D eigenvalue weighted by Crippen LogP contribution is -2.28. The minimum Gasteiger partial charge on any atom is -0.491 e.